The first-order valence-electron chi connectivity index (χ1n) is 7.64. The van der Waals surface area contributed by atoms with E-state index >= 15 is 0 Å². The molecule has 5 nitrogen and oxygen atoms in total. The fourth-order valence-corrected chi connectivity index (χ4v) is 1.86. The highest BCUT2D eigenvalue weighted by Crippen LogP contribution is 2.04. The van der Waals surface area contributed by atoms with Gasteiger partial charge in [0.2, 0.25) is 0 Å². The lowest BCUT2D eigenvalue weighted by molar-refractivity contribution is -0.118. The molecule has 2 N–H and O–H groups in total. The number of carbonyl (C=O) groups is 1. The van der Waals surface area contributed by atoms with Crippen molar-refractivity contribution in [3.63, 3.8) is 0 Å². The van der Waals surface area contributed by atoms with Gasteiger partial charge < -0.3 is 10.1 Å². The Labute approximate surface area is 129 Å². The molecule has 21 heavy (non-hydrogen) atoms. The first kappa shape index (κ1) is 19.8. The Morgan fingerprint density at radius 1 is 1.29 bits per heavy atom. The smallest absolute Gasteiger partial charge is 0.131 e. The van der Waals surface area contributed by atoms with Crippen molar-refractivity contribution in [3.8, 4) is 0 Å². The summed E-state index contributed by atoms with van der Waals surface area (Å²) in [7, 11) is 1.93. The average Bonchev–Trinajstić information content (AvgIpc) is 2.43. The Hall–Kier alpha value is -1.17. The standard InChI is InChI=1S/C16H31N3O2/c1-6-8-9-11-17-16(21)14(3)13-18(5)19(7-2)12-10-15(4)20/h8-9,13,16-17,21H,6-7,10-12H2,1-5H3/b9-8+,14-13+. The molecule has 0 aromatic heterocycles. The first-order valence-corrected chi connectivity index (χ1v) is 7.64. The number of hydrogen-bond acceptors (Lipinski definition) is 5. The topological polar surface area (TPSA) is 55.8 Å². The van der Waals surface area contributed by atoms with E-state index in [0.717, 1.165) is 18.5 Å². The molecule has 0 aliphatic heterocycles. The molecule has 122 valence electrons. The van der Waals surface area contributed by atoms with Gasteiger partial charge in [-0.15, -0.1) is 0 Å². The summed E-state index contributed by atoms with van der Waals surface area (Å²) in [5.41, 5.74) is 0.837. The van der Waals surface area contributed by atoms with E-state index in [-0.39, 0.29) is 5.78 Å². The summed E-state index contributed by atoms with van der Waals surface area (Å²) in [4.78, 5) is 11.1. The van der Waals surface area contributed by atoms with Crippen LogP contribution in [-0.4, -0.2) is 53.8 Å². The molecule has 0 aromatic rings. The van der Waals surface area contributed by atoms with Crippen molar-refractivity contribution in [2.75, 3.05) is 26.7 Å². The monoisotopic (exact) mass is 297 g/mol. The molecule has 0 rings (SSSR count). The van der Waals surface area contributed by atoms with Gasteiger partial charge in [-0.1, -0.05) is 26.0 Å². The Bertz CT molecular complexity index is 353. The maximum absolute atomic E-state index is 11.1. The van der Waals surface area contributed by atoms with E-state index in [1.807, 2.05) is 38.2 Å². The Morgan fingerprint density at radius 3 is 2.48 bits per heavy atom. The zero-order valence-electron chi connectivity index (χ0n) is 14.1. The van der Waals surface area contributed by atoms with Crippen molar-refractivity contribution >= 4 is 5.78 Å². The van der Waals surface area contributed by atoms with Crippen LogP contribution >= 0.6 is 0 Å². The molecular formula is C16H31N3O2. The van der Waals surface area contributed by atoms with Crippen molar-refractivity contribution in [3.05, 3.63) is 23.9 Å². The normalized spacial score (nSPS) is 14.0. The second kappa shape index (κ2) is 11.5. The summed E-state index contributed by atoms with van der Waals surface area (Å²) >= 11 is 0. The highest BCUT2D eigenvalue weighted by molar-refractivity contribution is 5.75. The van der Waals surface area contributed by atoms with Crippen LogP contribution in [0.4, 0.5) is 0 Å². The van der Waals surface area contributed by atoms with Gasteiger partial charge in [0.15, 0.2) is 0 Å². The zero-order valence-corrected chi connectivity index (χ0v) is 14.1. The number of aliphatic hydroxyl groups excluding tert-OH is 1. The summed E-state index contributed by atoms with van der Waals surface area (Å²) in [6.07, 6.45) is 6.83. The quantitative estimate of drug-likeness (QED) is 0.347. The average molecular weight is 297 g/mol. The molecule has 0 fully saturated rings. The third-order valence-corrected chi connectivity index (χ3v) is 3.19. The van der Waals surface area contributed by atoms with Crippen LogP contribution in [0.3, 0.4) is 0 Å². The van der Waals surface area contributed by atoms with Gasteiger partial charge in [0.05, 0.1) is 0 Å². The van der Waals surface area contributed by atoms with Gasteiger partial charge >= 0.3 is 0 Å². The van der Waals surface area contributed by atoms with E-state index in [9.17, 15) is 9.90 Å². The number of ketones is 1. The lowest BCUT2D eigenvalue weighted by Gasteiger charge is -2.30. The van der Waals surface area contributed by atoms with Crippen molar-refractivity contribution in [1.29, 1.82) is 0 Å². The number of aliphatic hydroxyl groups is 1. The lowest BCUT2D eigenvalue weighted by atomic mass is 10.3. The number of hydrogen-bond donors (Lipinski definition) is 2. The van der Waals surface area contributed by atoms with Crippen molar-refractivity contribution in [1.82, 2.24) is 15.3 Å². The molecule has 0 radical (unpaired) electrons. The summed E-state index contributed by atoms with van der Waals surface area (Å²) in [6.45, 7) is 9.76. The Balaban J connectivity index is 4.41. The van der Waals surface area contributed by atoms with Crippen LogP contribution in [0.25, 0.3) is 0 Å². The Morgan fingerprint density at radius 2 is 1.95 bits per heavy atom. The molecule has 1 unspecified atom stereocenters. The Kier molecular flexibility index (Phi) is 10.8. The molecule has 0 amide bonds. The number of carbonyl (C=O) groups excluding carboxylic acids is 1. The first-order chi connectivity index (χ1) is 9.92. The molecule has 0 saturated carbocycles. The highest BCUT2D eigenvalue weighted by atomic mass is 16.3. The highest BCUT2D eigenvalue weighted by Gasteiger charge is 2.10. The SMILES string of the molecule is CC/C=C/CNC(O)/C(C)=C/N(C)N(CC)CCC(C)=O. The fourth-order valence-electron chi connectivity index (χ4n) is 1.86. The second-order valence-corrected chi connectivity index (χ2v) is 5.14. The van der Waals surface area contributed by atoms with Crippen LogP contribution in [0, 0.1) is 0 Å². The zero-order chi connectivity index (χ0) is 16.3. The predicted molar refractivity (Wildman–Crippen MR) is 87.5 cm³/mol. The van der Waals surface area contributed by atoms with E-state index in [4.69, 9.17) is 0 Å². The van der Waals surface area contributed by atoms with E-state index in [1.54, 1.807) is 6.92 Å². The van der Waals surface area contributed by atoms with E-state index < -0.39 is 6.23 Å². The minimum absolute atomic E-state index is 0.187. The van der Waals surface area contributed by atoms with E-state index in [0.29, 0.717) is 19.5 Å². The number of nitrogens with one attached hydrogen (secondary N) is 1. The molecule has 5 heteroatoms. The van der Waals surface area contributed by atoms with Crippen LogP contribution in [0.1, 0.15) is 40.5 Å². The summed E-state index contributed by atoms with van der Waals surface area (Å²) in [6, 6.07) is 0. The minimum atomic E-state index is -0.666. The molecule has 0 saturated heterocycles. The van der Waals surface area contributed by atoms with Crippen molar-refractivity contribution in [2.45, 2.75) is 46.8 Å². The van der Waals surface area contributed by atoms with Gasteiger partial charge in [0.1, 0.15) is 12.0 Å². The number of Topliss-reactive ketones (excluding diaryl/α,β-unsaturated/α-hetero) is 1. The molecule has 1 atom stereocenters. The van der Waals surface area contributed by atoms with Gasteiger partial charge in [-0.3, -0.25) is 10.1 Å². The van der Waals surface area contributed by atoms with E-state index in [2.05, 4.69) is 23.3 Å². The van der Waals surface area contributed by atoms with E-state index in [1.165, 1.54) is 0 Å². The third-order valence-electron chi connectivity index (χ3n) is 3.19. The van der Waals surface area contributed by atoms with Gasteiger partial charge in [0, 0.05) is 39.3 Å². The predicted octanol–water partition coefficient (Wildman–Crippen LogP) is 1.91. The summed E-state index contributed by atoms with van der Waals surface area (Å²) in [5.74, 6) is 0.187. The second-order valence-electron chi connectivity index (χ2n) is 5.14. The third kappa shape index (κ3) is 9.39. The number of hydrazine groups is 1. The van der Waals surface area contributed by atoms with Crippen LogP contribution in [0.5, 0.6) is 0 Å². The molecule has 0 heterocycles. The van der Waals surface area contributed by atoms with Gasteiger partial charge in [0.25, 0.3) is 0 Å². The van der Waals surface area contributed by atoms with Gasteiger partial charge in [-0.05, 0) is 25.8 Å². The van der Waals surface area contributed by atoms with Crippen LogP contribution in [-0.2, 0) is 4.79 Å². The van der Waals surface area contributed by atoms with Crippen LogP contribution < -0.4 is 5.32 Å². The largest absolute Gasteiger partial charge is 0.375 e. The number of rotatable bonds is 11. The molecule has 0 spiro atoms. The summed E-state index contributed by atoms with van der Waals surface area (Å²) < 4.78 is 0. The fraction of sp³-hybridized carbons (Fsp3) is 0.688. The molecule has 0 bridgehead atoms. The number of nitrogens with zero attached hydrogens (tertiary/aromatic N) is 2. The molecular weight excluding hydrogens is 266 g/mol. The van der Waals surface area contributed by atoms with Gasteiger partial charge in [-0.2, -0.15) is 0 Å². The van der Waals surface area contributed by atoms with Crippen molar-refractivity contribution in [2.24, 2.45) is 0 Å². The van der Waals surface area contributed by atoms with Crippen LogP contribution in [0.15, 0.2) is 23.9 Å². The molecule has 0 aromatic carbocycles. The minimum Gasteiger partial charge on any atom is -0.375 e. The maximum atomic E-state index is 11.1. The lowest BCUT2D eigenvalue weighted by Crippen LogP contribution is -2.39. The van der Waals surface area contributed by atoms with Crippen LogP contribution in [0.2, 0.25) is 0 Å². The van der Waals surface area contributed by atoms with Gasteiger partial charge in [-0.25, -0.2) is 5.01 Å². The summed E-state index contributed by atoms with van der Waals surface area (Å²) in [5, 5.41) is 17.1. The molecule has 0 aliphatic carbocycles. The van der Waals surface area contributed by atoms with Crippen molar-refractivity contribution < 1.29 is 9.90 Å². The number of allylic oxidation sites excluding steroid dienone is 1. The maximum Gasteiger partial charge on any atom is 0.131 e. The molecule has 0 aliphatic rings.